The molecule has 6 nitrogen and oxygen atoms in total. The van der Waals surface area contributed by atoms with Crippen LogP contribution in [0.15, 0.2) is 0 Å². The van der Waals surface area contributed by atoms with Gasteiger partial charge in [0, 0.05) is 12.1 Å². The summed E-state index contributed by atoms with van der Waals surface area (Å²) in [6.45, 7) is 9.74. The van der Waals surface area contributed by atoms with Gasteiger partial charge in [0.05, 0.1) is 18.5 Å². The SMILES string of the molecule is CCCN1C(=O)CC(NC(C)C(=O)NC(C)(C)C)C1=O. The fourth-order valence-electron chi connectivity index (χ4n) is 2.13. The number of likely N-dealkylation sites (tertiary alicyclic amines) is 1. The Kier molecular flexibility index (Phi) is 5.28. The van der Waals surface area contributed by atoms with Crippen molar-refractivity contribution >= 4 is 17.7 Å². The van der Waals surface area contributed by atoms with Gasteiger partial charge in [0.15, 0.2) is 0 Å². The van der Waals surface area contributed by atoms with E-state index >= 15 is 0 Å². The summed E-state index contributed by atoms with van der Waals surface area (Å²) in [7, 11) is 0. The lowest BCUT2D eigenvalue weighted by Crippen LogP contribution is -2.53. The van der Waals surface area contributed by atoms with E-state index in [1.165, 1.54) is 4.90 Å². The van der Waals surface area contributed by atoms with Crippen LogP contribution in [-0.4, -0.2) is 46.8 Å². The van der Waals surface area contributed by atoms with Crippen molar-refractivity contribution in [3.8, 4) is 0 Å². The molecule has 0 bridgehead atoms. The maximum atomic E-state index is 12.1. The Morgan fingerprint density at radius 3 is 2.50 bits per heavy atom. The van der Waals surface area contributed by atoms with E-state index in [-0.39, 0.29) is 29.7 Å². The lowest BCUT2D eigenvalue weighted by Gasteiger charge is -2.25. The second kappa shape index (κ2) is 6.35. The maximum Gasteiger partial charge on any atom is 0.246 e. The molecule has 20 heavy (non-hydrogen) atoms. The topological polar surface area (TPSA) is 78.5 Å². The molecule has 1 aliphatic rings. The molecule has 1 heterocycles. The minimum absolute atomic E-state index is 0.131. The van der Waals surface area contributed by atoms with E-state index in [2.05, 4.69) is 10.6 Å². The first-order valence-electron chi connectivity index (χ1n) is 7.08. The second-order valence-corrected chi connectivity index (χ2v) is 6.27. The van der Waals surface area contributed by atoms with E-state index in [0.717, 1.165) is 6.42 Å². The number of nitrogens with zero attached hydrogens (tertiary/aromatic N) is 1. The number of carbonyl (C=O) groups is 3. The molecule has 1 rings (SSSR count). The molecule has 0 saturated carbocycles. The van der Waals surface area contributed by atoms with Crippen LogP contribution >= 0.6 is 0 Å². The molecule has 114 valence electrons. The fraction of sp³-hybridized carbons (Fsp3) is 0.786. The van der Waals surface area contributed by atoms with E-state index in [1.807, 2.05) is 27.7 Å². The molecule has 3 amide bonds. The molecule has 0 aromatic carbocycles. The molecule has 0 aliphatic carbocycles. The van der Waals surface area contributed by atoms with Crippen molar-refractivity contribution in [1.29, 1.82) is 0 Å². The van der Waals surface area contributed by atoms with Crippen LogP contribution in [0.3, 0.4) is 0 Å². The fourth-order valence-corrected chi connectivity index (χ4v) is 2.13. The minimum Gasteiger partial charge on any atom is -0.350 e. The highest BCUT2D eigenvalue weighted by Crippen LogP contribution is 2.14. The van der Waals surface area contributed by atoms with Crippen molar-refractivity contribution in [3.05, 3.63) is 0 Å². The summed E-state index contributed by atoms with van der Waals surface area (Å²) in [5, 5.41) is 5.79. The van der Waals surface area contributed by atoms with Gasteiger partial charge < -0.3 is 5.32 Å². The Bertz CT molecular complexity index is 401. The molecule has 0 aromatic heterocycles. The zero-order chi connectivity index (χ0) is 15.5. The van der Waals surface area contributed by atoms with E-state index < -0.39 is 12.1 Å². The highest BCUT2D eigenvalue weighted by molar-refractivity contribution is 6.05. The van der Waals surface area contributed by atoms with Crippen LogP contribution in [0.5, 0.6) is 0 Å². The Labute approximate surface area is 120 Å². The molecule has 1 aliphatic heterocycles. The molecule has 0 radical (unpaired) electrons. The van der Waals surface area contributed by atoms with Gasteiger partial charge in [-0.15, -0.1) is 0 Å². The van der Waals surface area contributed by atoms with Gasteiger partial charge in [0.25, 0.3) is 0 Å². The number of hydrogen-bond acceptors (Lipinski definition) is 4. The van der Waals surface area contributed by atoms with Gasteiger partial charge in [-0.3, -0.25) is 24.6 Å². The third kappa shape index (κ3) is 4.30. The van der Waals surface area contributed by atoms with Gasteiger partial charge in [-0.2, -0.15) is 0 Å². The van der Waals surface area contributed by atoms with Crippen molar-refractivity contribution in [2.75, 3.05) is 6.54 Å². The average Bonchev–Trinajstić information content (AvgIpc) is 2.55. The average molecular weight is 283 g/mol. The highest BCUT2D eigenvalue weighted by Gasteiger charge is 2.39. The zero-order valence-corrected chi connectivity index (χ0v) is 12.9. The zero-order valence-electron chi connectivity index (χ0n) is 12.9. The predicted molar refractivity (Wildman–Crippen MR) is 75.9 cm³/mol. The van der Waals surface area contributed by atoms with Crippen molar-refractivity contribution in [1.82, 2.24) is 15.5 Å². The number of carbonyl (C=O) groups excluding carboxylic acids is 3. The van der Waals surface area contributed by atoms with Crippen LogP contribution in [0.1, 0.15) is 47.5 Å². The molecule has 6 heteroatoms. The molecule has 2 atom stereocenters. The lowest BCUT2D eigenvalue weighted by molar-refractivity contribution is -0.138. The van der Waals surface area contributed by atoms with Crippen LogP contribution in [0.2, 0.25) is 0 Å². The van der Waals surface area contributed by atoms with Crippen molar-refractivity contribution < 1.29 is 14.4 Å². The predicted octanol–water partition coefficient (Wildman–Crippen LogP) is 0.417. The minimum atomic E-state index is -0.588. The summed E-state index contributed by atoms with van der Waals surface area (Å²) in [6, 6.07) is -1.10. The number of nitrogens with one attached hydrogen (secondary N) is 2. The third-order valence-corrected chi connectivity index (χ3v) is 3.03. The summed E-state index contributed by atoms with van der Waals surface area (Å²) in [6.07, 6.45) is 0.871. The number of amides is 3. The normalized spacial score (nSPS) is 21.2. The Morgan fingerprint density at radius 1 is 1.40 bits per heavy atom. The molecular weight excluding hydrogens is 258 g/mol. The smallest absolute Gasteiger partial charge is 0.246 e. The van der Waals surface area contributed by atoms with Crippen LogP contribution in [0.4, 0.5) is 0 Å². The Balaban J connectivity index is 2.59. The van der Waals surface area contributed by atoms with Crippen molar-refractivity contribution in [2.24, 2.45) is 0 Å². The summed E-state index contributed by atoms with van der Waals surface area (Å²) in [5.41, 5.74) is -0.323. The summed E-state index contributed by atoms with van der Waals surface area (Å²) >= 11 is 0. The van der Waals surface area contributed by atoms with Crippen LogP contribution in [0, 0.1) is 0 Å². The molecule has 2 unspecified atom stereocenters. The Hall–Kier alpha value is -1.43. The van der Waals surface area contributed by atoms with E-state index in [1.54, 1.807) is 6.92 Å². The number of imide groups is 1. The first-order chi connectivity index (χ1) is 9.15. The first kappa shape index (κ1) is 16.6. The van der Waals surface area contributed by atoms with Gasteiger partial charge in [-0.1, -0.05) is 6.92 Å². The molecular formula is C14H25N3O3. The van der Waals surface area contributed by atoms with Gasteiger partial charge in [-0.05, 0) is 34.1 Å². The summed E-state index contributed by atoms with van der Waals surface area (Å²) < 4.78 is 0. The first-order valence-corrected chi connectivity index (χ1v) is 7.08. The highest BCUT2D eigenvalue weighted by atomic mass is 16.2. The van der Waals surface area contributed by atoms with E-state index in [0.29, 0.717) is 6.54 Å². The molecule has 1 saturated heterocycles. The lowest BCUT2D eigenvalue weighted by atomic mass is 10.1. The van der Waals surface area contributed by atoms with Gasteiger partial charge in [0.1, 0.15) is 0 Å². The van der Waals surface area contributed by atoms with Crippen LogP contribution in [-0.2, 0) is 14.4 Å². The van der Waals surface area contributed by atoms with Gasteiger partial charge in [-0.25, -0.2) is 0 Å². The largest absolute Gasteiger partial charge is 0.350 e. The third-order valence-electron chi connectivity index (χ3n) is 3.03. The van der Waals surface area contributed by atoms with Crippen LogP contribution < -0.4 is 10.6 Å². The maximum absolute atomic E-state index is 12.1. The molecule has 0 aromatic rings. The standard InChI is InChI=1S/C14H25N3O3/c1-6-7-17-11(18)8-10(13(17)20)15-9(2)12(19)16-14(3,4)5/h9-10,15H,6-8H2,1-5H3,(H,16,19). The Morgan fingerprint density at radius 2 is 2.00 bits per heavy atom. The number of rotatable bonds is 5. The van der Waals surface area contributed by atoms with E-state index in [4.69, 9.17) is 0 Å². The molecule has 0 spiro atoms. The van der Waals surface area contributed by atoms with Crippen molar-refractivity contribution in [3.63, 3.8) is 0 Å². The van der Waals surface area contributed by atoms with E-state index in [9.17, 15) is 14.4 Å². The molecule has 1 fully saturated rings. The summed E-state index contributed by atoms with van der Waals surface area (Å²) in [5.74, 6) is -0.572. The summed E-state index contributed by atoms with van der Waals surface area (Å²) in [4.78, 5) is 37.0. The van der Waals surface area contributed by atoms with Crippen molar-refractivity contribution in [2.45, 2.75) is 65.1 Å². The molecule has 2 N–H and O–H groups in total. The number of hydrogen-bond donors (Lipinski definition) is 2. The van der Waals surface area contributed by atoms with Gasteiger partial charge in [0.2, 0.25) is 17.7 Å². The van der Waals surface area contributed by atoms with Gasteiger partial charge >= 0.3 is 0 Å². The second-order valence-electron chi connectivity index (χ2n) is 6.27. The van der Waals surface area contributed by atoms with Crippen LogP contribution in [0.25, 0.3) is 0 Å². The quantitative estimate of drug-likeness (QED) is 0.717. The monoisotopic (exact) mass is 283 g/mol.